The van der Waals surface area contributed by atoms with Crippen molar-refractivity contribution in [3.05, 3.63) is 108 Å². The molecule has 4 aromatic rings. The molecular formula is C27H22F6N4O3. The number of ether oxygens (including phenoxy) is 2. The molecular weight excluding hydrogens is 542 g/mol. The predicted octanol–water partition coefficient (Wildman–Crippen LogP) is 6.53. The third-order valence-electron chi connectivity index (χ3n) is 5.72. The summed E-state index contributed by atoms with van der Waals surface area (Å²) in [6, 6.07) is 19.0. The molecule has 210 valence electrons. The second kappa shape index (κ2) is 11.2. The van der Waals surface area contributed by atoms with E-state index in [0.717, 1.165) is 24.3 Å². The smallest absolute Gasteiger partial charge is 0.406 e. The molecule has 0 radical (unpaired) electrons. The molecule has 0 bridgehead atoms. The lowest BCUT2D eigenvalue weighted by Crippen LogP contribution is -2.50. The van der Waals surface area contributed by atoms with Crippen LogP contribution in [-0.2, 0) is 19.0 Å². The van der Waals surface area contributed by atoms with Crippen LogP contribution < -0.4 is 20.1 Å². The second-order valence-corrected chi connectivity index (χ2v) is 8.67. The van der Waals surface area contributed by atoms with Crippen molar-refractivity contribution in [2.24, 2.45) is 7.05 Å². The van der Waals surface area contributed by atoms with Crippen molar-refractivity contribution in [1.82, 2.24) is 15.1 Å². The van der Waals surface area contributed by atoms with Gasteiger partial charge < -0.3 is 14.8 Å². The minimum atomic E-state index is -5.01. The van der Waals surface area contributed by atoms with Crippen molar-refractivity contribution in [1.29, 1.82) is 0 Å². The molecule has 0 saturated heterocycles. The van der Waals surface area contributed by atoms with E-state index >= 15 is 0 Å². The average molecular weight is 564 g/mol. The summed E-state index contributed by atoms with van der Waals surface area (Å²) in [4.78, 5) is 13.3. The van der Waals surface area contributed by atoms with Crippen LogP contribution in [0.4, 0.5) is 37.0 Å². The number of hydrogen-bond donors (Lipinski definition) is 2. The molecule has 3 aromatic carbocycles. The number of nitrogens with zero attached hydrogens (tertiary/aromatic N) is 2. The van der Waals surface area contributed by atoms with Crippen molar-refractivity contribution in [2.75, 3.05) is 5.32 Å². The molecule has 0 atom stereocenters. The van der Waals surface area contributed by atoms with Gasteiger partial charge in [0, 0.05) is 25.7 Å². The Hall–Kier alpha value is -4.68. The summed E-state index contributed by atoms with van der Waals surface area (Å²) < 4.78 is 88.1. The monoisotopic (exact) mass is 564 g/mol. The number of rotatable bonds is 8. The van der Waals surface area contributed by atoms with Gasteiger partial charge in [0.2, 0.25) is 0 Å². The van der Waals surface area contributed by atoms with Gasteiger partial charge in [-0.15, -0.1) is 26.3 Å². The normalized spacial score (nSPS) is 12.1. The van der Waals surface area contributed by atoms with Crippen molar-refractivity contribution in [2.45, 2.75) is 24.7 Å². The molecule has 0 saturated carbocycles. The first-order valence-electron chi connectivity index (χ1n) is 11.7. The van der Waals surface area contributed by atoms with Crippen LogP contribution in [0.15, 0.2) is 91.1 Å². The summed E-state index contributed by atoms with van der Waals surface area (Å²) in [7, 11) is 1.63. The lowest BCUT2D eigenvalue weighted by molar-refractivity contribution is -0.275. The zero-order chi connectivity index (χ0) is 29.0. The van der Waals surface area contributed by atoms with Gasteiger partial charge in [0.15, 0.2) is 5.82 Å². The number of nitrogens with one attached hydrogen (secondary N) is 2. The number of alkyl halides is 6. The van der Waals surface area contributed by atoms with Gasteiger partial charge in [-0.25, -0.2) is 4.79 Å². The zero-order valence-electron chi connectivity index (χ0n) is 20.8. The molecule has 0 fully saturated rings. The van der Waals surface area contributed by atoms with E-state index in [4.69, 9.17) is 0 Å². The number of aromatic nitrogens is 2. The van der Waals surface area contributed by atoms with E-state index in [9.17, 15) is 31.1 Å². The van der Waals surface area contributed by atoms with Gasteiger partial charge in [0.1, 0.15) is 11.5 Å². The van der Waals surface area contributed by atoms with Crippen molar-refractivity contribution < 1.29 is 40.6 Å². The highest BCUT2D eigenvalue weighted by Gasteiger charge is 2.39. The molecule has 13 heteroatoms. The molecule has 0 aliphatic heterocycles. The van der Waals surface area contributed by atoms with Gasteiger partial charge in [0.25, 0.3) is 0 Å². The SMILES string of the molecule is Cn1ccc(NC(=O)NC(Cc2ccccc2)(c2cccc(OC(F)(F)F)c2)c2cccc(OC(F)(F)F)c2)n1. The van der Waals surface area contributed by atoms with Gasteiger partial charge in [-0.1, -0.05) is 54.6 Å². The van der Waals surface area contributed by atoms with E-state index in [1.807, 2.05) is 0 Å². The fraction of sp³-hybridized carbons (Fsp3) is 0.185. The van der Waals surface area contributed by atoms with Gasteiger partial charge in [-0.2, -0.15) is 5.10 Å². The second-order valence-electron chi connectivity index (χ2n) is 8.67. The Morgan fingerprint density at radius 2 is 1.35 bits per heavy atom. The highest BCUT2D eigenvalue weighted by molar-refractivity contribution is 5.89. The minimum Gasteiger partial charge on any atom is -0.406 e. The first-order valence-corrected chi connectivity index (χ1v) is 11.7. The zero-order valence-corrected chi connectivity index (χ0v) is 20.8. The molecule has 1 aromatic heterocycles. The van der Waals surface area contributed by atoms with Crippen LogP contribution in [0.25, 0.3) is 0 Å². The maximum Gasteiger partial charge on any atom is 0.573 e. The summed E-state index contributed by atoms with van der Waals surface area (Å²) in [5.41, 5.74) is -0.905. The van der Waals surface area contributed by atoms with Crippen molar-refractivity contribution in [3.8, 4) is 11.5 Å². The molecule has 7 nitrogen and oxygen atoms in total. The molecule has 4 rings (SSSR count). The Morgan fingerprint density at radius 3 is 1.82 bits per heavy atom. The number of halogens is 6. The van der Waals surface area contributed by atoms with Crippen molar-refractivity contribution >= 4 is 11.8 Å². The molecule has 1 heterocycles. The summed E-state index contributed by atoms with van der Waals surface area (Å²) in [5, 5.41) is 9.39. The van der Waals surface area contributed by atoms with Crippen molar-refractivity contribution in [3.63, 3.8) is 0 Å². The number of carbonyl (C=O) groups is 1. The number of amides is 2. The summed E-state index contributed by atoms with van der Waals surface area (Å²) in [5.74, 6) is -1.01. The van der Waals surface area contributed by atoms with E-state index in [1.54, 1.807) is 43.6 Å². The minimum absolute atomic E-state index is 0.0750. The maximum absolute atomic E-state index is 13.3. The molecule has 0 aliphatic rings. The van der Waals surface area contributed by atoms with E-state index in [-0.39, 0.29) is 23.4 Å². The molecule has 0 aliphatic carbocycles. The molecule has 0 spiro atoms. The first-order chi connectivity index (χ1) is 18.8. The number of carbonyl (C=O) groups excluding carboxylic acids is 1. The number of urea groups is 1. The third kappa shape index (κ3) is 7.46. The topological polar surface area (TPSA) is 77.4 Å². The summed E-state index contributed by atoms with van der Waals surface area (Å²) in [6.07, 6.45) is -8.52. The number of anilines is 1. The predicted molar refractivity (Wildman–Crippen MR) is 133 cm³/mol. The summed E-state index contributed by atoms with van der Waals surface area (Å²) >= 11 is 0. The molecule has 0 unspecified atom stereocenters. The van der Waals surface area contributed by atoms with Crippen LogP contribution in [-0.4, -0.2) is 28.5 Å². The van der Waals surface area contributed by atoms with Crippen LogP contribution >= 0.6 is 0 Å². The third-order valence-corrected chi connectivity index (χ3v) is 5.72. The molecule has 40 heavy (non-hydrogen) atoms. The standard InChI is InChI=1S/C27H22F6N4O3/c1-37-14-13-23(36-37)34-24(38)35-25(17-18-7-3-2-4-8-18,19-9-5-11-21(15-19)39-26(28,29)30)20-10-6-12-22(16-20)40-27(31,32)33/h2-16H,17H2,1H3,(H2,34,35,36,38). The van der Waals surface area contributed by atoms with E-state index < -0.39 is 35.8 Å². The van der Waals surface area contributed by atoms with Crippen LogP contribution in [0.1, 0.15) is 16.7 Å². The van der Waals surface area contributed by atoms with Crippen LogP contribution in [0.2, 0.25) is 0 Å². The largest absolute Gasteiger partial charge is 0.573 e. The Labute approximate surface area is 224 Å². The average Bonchev–Trinajstić information content (AvgIpc) is 3.26. The lowest BCUT2D eigenvalue weighted by atomic mass is 9.77. The van der Waals surface area contributed by atoms with E-state index in [1.165, 1.54) is 35.0 Å². The van der Waals surface area contributed by atoms with E-state index in [2.05, 4.69) is 25.2 Å². The van der Waals surface area contributed by atoms with Crippen LogP contribution in [0.3, 0.4) is 0 Å². The molecule has 2 N–H and O–H groups in total. The fourth-order valence-electron chi connectivity index (χ4n) is 4.20. The quantitative estimate of drug-likeness (QED) is 0.239. The fourth-order valence-corrected chi connectivity index (χ4v) is 4.20. The number of benzene rings is 3. The Kier molecular flexibility index (Phi) is 7.93. The van der Waals surface area contributed by atoms with Gasteiger partial charge in [0.05, 0.1) is 5.54 Å². The van der Waals surface area contributed by atoms with Gasteiger partial charge in [-0.3, -0.25) is 10.00 Å². The van der Waals surface area contributed by atoms with Crippen LogP contribution in [0.5, 0.6) is 11.5 Å². The Morgan fingerprint density at radius 1 is 0.800 bits per heavy atom. The molecule has 2 amide bonds. The lowest BCUT2D eigenvalue weighted by Gasteiger charge is -2.37. The van der Waals surface area contributed by atoms with Gasteiger partial charge >= 0.3 is 18.8 Å². The maximum atomic E-state index is 13.3. The highest BCUT2D eigenvalue weighted by atomic mass is 19.4. The van der Waals surface area contributed by atoms with E-state index in [0.29, 0.717) is 5.56 Å². The number of aryl methyl sites for hydroxylation is 1. The Bertz CT molecular complexity index is 1390. The number of hydrogen-bond acceptors (Lipinski definition) is 4. The van der Waals surface area contributed by atoms with Crippen LogP contribution in [0, 0.1) is 0 Å². The highest BCUT2D eigenvalue weighted by Crippen LogP contribution is 2.38. The summed E-state index contributed by atoms with van der Waals surface area (Å²) in [6.45, 7) is 0. The first kappa shape index (κ1) is 28.3. The van der Waals surface area contributed by atoms with Gasteiger partial charge in [-0.05, 0) is 41.0 Å². The Balaban J connectivity index is 1.89.